The first-order chi connectivity index (χ1) is 7.61. The van der Waals surface area contributed by atoms with E-state index in [1.54, 1.807) is 0 Å². The second kappa shape index (κ2) is 4.15. The first-order valence-corrected chi connectivity index (χ1v) is 4.88. The molecular weight excluding hydrogens is 238 g/mol. The molecule has 7 heteroatoms. The van der Waals surface area contributed by atoms with E-state index in [1.807, 2.05) is 0 Å². The number of ether oxygens (including phenoxy) is 2. The fraction of sp³-hybridized carbons (Fsp3) is 0.333. The Balaban J connectivity index is 2.45. The van der Waals surface area contributed by atoms with Crippen molar-refractivity contribution in [3.05, 3.63) is 27.3 Å². The van der Waals surface area contributed by atoms with Crippen molar-refractivity contribution < 1.29 is 19.5 Å². The Labute approximate surface area is 95.5 Å². The number of rotatable bonds is 2. The van der Waals surface area contributed by atoms with Gasteiger partial charge in [0, 0.05) is 12.1 Å². The van der Waals surface area contributed by atoms with Crippen molar-refractivity contribution in [1.82, 2.24) is 0 Å². The van der Waals surface area contributed by atoms with Crippen molar-refractivity contribution >= 4 is 17.3 Å². The van der Waals surface area contributed by atoms with Gasteiger partial charge >= 0.3 is 5.69 Å². The van der Waals surface area contributed by atoms with Gasteiger partial charge in [0.1, 0.15) is 6.61 Å². The lowest BCUT2D eigenvalue weighted by molar-refractivity contribution is -0.386. The van der Waals surface area contributed by atoms with Gasteiger partial charge in [-0.25, -0.2) is 0 Å². The lowest BCUT2D eigenvalue weighted by Crippen LogP contribution is -2.32. The van der Waals surface area contributed by atoms with Crippen LogP contribution in [0.15, 0.2) is 12.1 Å². The molecule has 1 N–H and O–H groups in total. The lowest BCUT2D eigenvalue weighted by atomic mass is 10.2. The van der Waals surface area contributed by atoms with Gasteiger partial charge in [-0.3, -0.25) is 10.1 Å². The quantitative estimate of drug-likeness (QED) is 0.629. The van der Waals surface area contributed by atoms with E-state index in [4.69, 9.17) is 26.2 Å². The number of hydrogen-bond acceptors (Lipinski definition) is 5. The average Bonchev–Trinajstić information content (AvgIpc) is 2.26. The highest BCUT2D eigenvalue weighted by molar-refractivity contribution is 6.31. The molecule has 86 valence electrons. The first-order valence-electron chi connectivity index (χ1n) is 4.50. The molecular formula is C9H8ClNO5. The minimum absolute atomic E-state index is 0.0547. The molecule has 0 fully saturated rings. The smallest absolute Gasteiger partial charge is 0.316 e. The zero-order valence-electron chi connectivity index (χ0n) is 8.05. The Morgan fingerprint density at radius 2 is 2.38 bits per heavy atom. The fourth-order valence-electron chi connectivity index (χ4n) is 1.40. The Kier molecular flexibility index (Phi) is 2.84. The molecule has 0 saturated carbocycles. The first kappa shape index (κ1) is 11.0. The summed E-state index contributed by atoms with van der Waals surface area (Å²) in [6.45, 7) is -0.147. The predicted octanol–water partition coefficient (Wildman–Crippen LogP) is 1.38. The number of nitro groups is 1. The van der Waals surface area contributed by atoms with E-state index in [1.165, 1.54) is 12.1 Å². The van der Waals surface area contributed by atoms with Crippen molar-refractivity contribution in [3.63, 3.8) is 0 Å². The molecule has 1 aromatic rings. The van der Waals surface area contributed by atoms with Crippen molar-refractivity contribution in [2.75, 3.05) is 13.2 Å². The van der Waals surface area contributed by atoms with Crippen LogP contribution in [-0.4, -0.2) is 29.3 Å². The summed E-state index contributed by atoms with van der Waals surface area (Å²) in [6.07, 6.45) is -0.523. The molecule has 1 heterocycles. The number of fused-ring (bicyclic) bond motifs is 1. The standard InChI is InChI=1S/C9H8ClNO5/c10-5-1-7(11(13)14)9-8(2-5)16-6(3-12)4-15-9/h1-2,6,12H,3-4H2/t6-/m0/s1. The number of nitro benzene ring substituents is 1. The maximum absolute atomic E-state index is 10.7. The summed E-state index contributed by atoms with van der Waals surface area (Å²) in [4.78, 5) is 10.1. The van der Waals surface area contributed by atoms with Crippen molar-refractivity contribution in [3.8, 4) is 11.5 Å². The second-order valence-corrected chi connectivity index (χ2v) is 3.68. The van der Waals surface area contributed by atoms with E-state index >= 15 is 0 Å². The van der Waals surface area contributed by atoms with E-state index < -0.39 is 11.0 Å². The number of halogens is 1. The molecule has 2 rings (SSSR count). The number of aliphatic hydroxyl groups excluding tert-OH is 1. The SMILES string of the molecule is O=[N+]([O-])c1cc(Cl)cc2c1OC[C@H](CO)O2. The van der Waals surface area contributed by atoms with Gasteiger partial charge in [-0.1, -0.05) is 11.6 Å². The number of aliphatic hydroxyl groups is 1. The van der Waals surface area contributed by atoms with Gasteiger partial charge < -0.3 is 14.6 Å². The highest BCUT2D eigenvalue weighted by atomic mass is 35.5. The maximum Gasteiger partial charge on any atom is 0.316 e. The normalized spacial score (nSPS) is 18.2. The topological polar surface area (TPSA) is 81.8 Å². The monoisotopic (exact) mass is 245 g/mol. The third kappa shape index (κ3) is 1.89. The van der Waals surface area contributed by atoms with Crippen LogP contribution in [0.4, 0.5) is 5.69 Å². The summed E-state index contributed by atoms with van der Waals surface area (Å²) in [5, 5.41) is 19.8. The van der Waals surface area contributed by atoms with Crippen molar-refractivity contribution in [2.24, 2.45) is 0 Å². The number of benzene rings is 1. The third-order valence-corrected chi connectivity index (χ3v) is 2.33. The zero-order valence-corrected chi connectivity index (χ0v) is 8.81. The minimum atomic E-state index is -0.590. The second-order valence-electron chi connectivity index (χ2n) is 3.24. The molecule has 1 aliphatic heterocycles. The van der Waals surface area contributed by atoms with Gasteiger partial charge in [0.2, 0.25) is 5.75 Å². The highest BCUT2D eigenvalue weighted by Gasteiger charge is 2.28. The summed E-state index contributed by atoms with van der Waals surface area (Å²) in [7, 11) is 0. The van der Waals surface area contributed by atoms with Gasteiger partial charge in [-0.05, 0) is 0 Å². The molecule has 0 spiro atoms. The van der Waals surface area contributed by atoms with Gasteiger partial charge in [-0.15, -0.1) is 0 Å². The highest BCUT2D eigenvalue weighted by Crippen LogP contribution is 2.42. The summed E-state index contributed by atoms with van der Waals surface area (Å²) >= 11 is 5.71. The molecule has 0 aliphatic carbocycles. The van der Waals surface area contributed by atoms with E-state index in [2.05, 4.69) is 0 Å². The van der Waals surface area contributed by atoms with Crippen LogP contribution in [0.25, 0.3) is 0 Å². The van der Waals surface area contributed by atoms with Crippen molar-refractivity contribution in [1.29, 1.82) is 0 Å². The summed E-state index contributed by atoms with van der Waals surface area (Å²) < 4.78 is 10.5. The predicted molar refractivity (Wildman–Crippen MR) is 55.1 cm³/mol. The molecule has 6 nitrogen and oxygen atoms in total. The van der Waals surface area contributed by atoms with Gasteiger partial charge in [0.05, 0.1) is 16.6 Å². The molecule has 1 aromatic carbocycles. The fourth-order valence-corrected chi connectivity index (χ4v) is 1.61. The van der Waals surface area contributed by atoms with E-state index in [9.17, 15) is 10.1 Å². The van der Waals surface area contributed by atoms with Crippen LogP contribution in [0.1, 0.15) is 0 Å². The lowest BCUT2D eigenvalue weighted by Gasteiger charge is -2.24. The summed E-state index contributed by atoms with van der Waals surface area (Å²) in [5.74, 6) is 0.239. The molecule has 16 heavy (non-hydrogen) atoms. The van der Waals surface area contributed by atoms with Crippen LogP contribution >= 0.6 is 11.6 Å². The minimum Gasteiger partial charge on any atom is -0.480 e. The van der Waals surface area contributed by atoms with Gasteiger partial charge in [-0.2, -0.15) is 0 Å². The summed E-state index contributed by atoms with van der Waals surface area (Å²) in [5.41, 5.74) is -0.237. The van der Waals surface area contributed by atoms with Crippen molar-refractivity contribution in [2.45, 2.75) is 6.10 Å². The molecule has 0 radical (unpaired) electrons. The van der Waals surface area contributed by atoms with E-state index in [0.717, 1.165) is 0 Å². The van der Waals surface area contributed by atoms with E-state index in [0.29, 0.717) is 0 Å². The van der Waals surface area contributed by atoms with Crippen LogP contribution in [0, 0.1) is 10.1 Å². The molecule has 0 unspecified atom stereocenters. The maximum atomic E-state index is 10.7. The van der Waals surface area contributed by atoms with Crippen LogP contribution in [0.5, 0.6) is 11.5 Å². The van der Waals surface area contributed by atoms with Crippen LogP contribution < -0.4 is 9.47 Å². The van der Waals surface area contributed by atoms with Crippen LogP contribution in [-0.2, 0) is 0 Å². The molecule has 0 bridgehead atoms. The van der Waals surface area contributed by atoms with E-state index in [-0.39, 0.29) is 35.4 Å². The van der Waals surface area contributed by atoms with Crippen LogP contribution in [0.2, 0.25) is 5.02 Å². The Bertz CT molecular complexity index is 436. The Hall–Kier alpha value is -1.53. The Morgan fingerprint density at radius 3 is 3.00 bits per heavy atom. The molecule has 0 amide bonds. The molecule has 0 saturated heterocycles. The summed E-state index contributed by atoms with van der Waals surface area (Å²) in [6, 6.07) is 2.62. The Morgan fingerprint density at radius 1 is 1.62 bits per heavy atom. The molecule has 1 atom stereocenters. The zero-order chi connectivity index (χ0) is 11.7. The van der Waals surface area contributed by atoms with Gasteiger partial charge in [0.25, 0.3) is 0 Å². The number of nitrogens with zero attached hydrogens (tertiary/aromatic N) is 1. The van der Waals surface area contributed by atoms with Crippen LogP contribution in [0.3, 0.4) is 0 Å². The molecule has 0 aromatic heterocycles. The largest absolute Gasteiger partial charge is 0.480 e. The average molecular weight is 246 g/mol. The molecule has 1 aliphatic rings. The number of hydrogen-bond donors (Lipinski definition) is 1. The van der Waals surface area contributed by atoms with Gasteiger partial charge in [0.15, 0.2) is 11.9 Å². The third-order valence-electron chi connectivity index (χ3n) is 2.11.